The molecule has 0 heterocycles. The lowest BCUT2D eigenvalue weighted by Crippen LogP contribution is -2.56. The van der Waals surface area contributed by atoms with Crippen LogP contribution in [0.3, 0.4) is 0 Å². The second-order valence-corrected chi connectivity index (χ2v) is 6.03. The number of benzene rings is 1. The van der Waals surface area contributed by atoms with Crippen LogP contribution in [0.1, 0.15) is 0 Å². The predicted molar refractivity (Wildman–Crippen MR) is 65.7 cm³/mol. The zero-order valence-electron chi connectivity index (χ0n) is 9.68. The first-order valence-electron chi connectivity index (χ1n) is 5.12. The third-order valence-electron chi connectivity index (χ3n) is 2.46. The lowest BCUT2D eigenvalue weighted by Gasteiger charge is -2.28. The fourth-order valence-electron chi connectivity index (χ4n) is 1.23. The summed E-state index contributed by atoms with van der Waals surface area (Å²) >= 11 is 5.48. The van der Waals surface area contributed by atoms with Gasteiger partial charge in [0.2, 0.25) is 10.0 Å². The Morgan fingerprint density at radius 3 is 2.16 bits per heavy atom. The molecule has 0 saturated heterocycles. The summed E-state index contributed by atoms with van der Waals surface area (Å²) in [6.07, 6.45) is 0. The first-order valence-corrected chi connectivity index (χ1v) is 6.98. The number of hydrogen-bond donors (Lipinski definition) is 4. The summed E-state index contributed by atoms with van der Waals surface area (Å²) in [5, 5.41) is 26.8. The van der Waals surface area contributed by atoms with Gasteiger partial charge in [0.25, 0.3) is 0 Å². The molecule has 0 atom stereocenters. The molecule has 0 unspecified atom stereocenters. The molecule has 0 aliphatic heterocycles. The Labute approximate surface area is 114 Å². The van der Waals surface area contributed by atoms with Crippen LogP contribution in [0.2, 0.25) is 5.02 Å². The molecule has 0 fully saturated rings. The quantitative estimate of drug-likeness (QED) is 0.565. The van der Waals surface area contributed by atoms with E-state index in [2.05, 4.69) is 0 Å². The maximum Gasteiger partial charge on any atom is 0.241 e. The van der Waals surface area contributed by atoms with Crippen LogP contribution in [0.4, 0.5) is 4.39 Å². The minimum atomic E-state index is -4.17. The molecule has 6 nitrogen and oxygen atoms in total. The van der Waals surface area contributed by atoms with Crippen LogP contribution in [0.25, 0.3) is 0 Å². The van der Waals surface area contributed by atoms with Gasteiger partial charge in [0.15, 0.2) is 0 Å². The third kappa shape index (κ3) is 3.62. The highest BCUT2D eigenvalue weighted by Crippen LogP contribution is 2.20. The van der Waals surface area contributed by atoms with Crippen molar-refractivity contribution in [3.8, 4) is 0 Å². The van der Waals surface area contributed by atoms with E-state index >= 15 is 0 Å². The Balaban J connectivity index is 3.14. The number of hydrogen-bond acceptors (Lipinski definition) is 5. The second kappa shape index (κ2) is 6.12. The van der Waals surface area contributed by atoms with Crippen LogP contribution >= 0.6 is 11.6 Å². The number of aliphatic hydroxyl groups is 3. The van der Waals surface area contributed by atoms with E-state index in [0.29, 0.717) is 0 Å². The van der Waals surface area contributed by atoms with Crippen molar-refractivity contribution in [2.24, 2.45) is 0 Å². The normalized spacial score (nSPS) is 12.7. The van der Waals surface area contributed by atoms with Gasteiger partial charge in [0.05, 0.1) is 29.7 Å². The van der Waals surface area contributed by atoms with Crippen molar-refractivity contribution >= 4 is 21.6 Å². The molecule has 108 valence electrons. The van der Waals surface area contributed by atoms with E-state index in [-0.39, 0.29) is 9.92 Å². The lowest BCUT2D eigenvalue weighted by molar-refractivity contribution is 0.0582. The molecule has 1 rings (SSSR count). The molecule has 0 spiro atoms. The molecule has 0 saturated carbocycles. The summed E-state index contributed by atoms with van der Waals surface area (Å²) in [6.45, 7) is -2.43. The van der Waals surface area contributed by atoms with Crippen molar-refractivity contribution in [2.45, 2.75) is 10.4 Å². The molecule has 4 N–H and O–H groups in total. The van der Waals surface area contributed by atoms with E-state index < -0.39 is 41.2 Å². The van der Waals surface area contributed by atoms with Crippen LogP contribution in [-0.2, 0) is 10.0 Å². The van der Waals surface area contributed by atoms with Gasteiger partial charge in [-0.1, -0.05) is 11.6 Å². The number of sulfonamides is 1. The number of halogens is 2. The van der Waals surface area contributed by atoms with Gasteiger partial charge in [-0.15, -0.1) is 0 Å². The van der Waals surface area contributed by atoms with Crippen molar-refractivity contribution in [3.63, 3.8) is 0 Å². The minimum absolute atomic E-state index is 0.348. The van der Waals surface area contributed by atoms with Crippen LogP contribution in [0.5, 0.6) is 0 Å². The van der Waals surface area contributed by atoms with Gasteiger partial charge < -0.3 is 15.3 Å². The lowest BCUT2D eigenvalue weighted by atomic mass is 10.1. The fourth-order valence-corrected chi connectivity index (χ4v) is 2.88. The van der Waals surface area contributed by atoms with E-state index in [1.54, 1.807) is 0 Å². The van der Waals surface area contributed by atoms with Crippen molar-refractivity contribution in [3.05, 3.63) is 29.0 Å². The van der Waals surface area contributed by atoms with Crippen molar-refractivity contribution in [1.82, 2.24) is 4.72 Å². The van der Waals surface area contributed by atoms with Gasteiger partial charge in [0, 0.05) is 0 Å². The highest BCUT2D eigenvalue weighted by molar-refractivity contribution is 7.89. The van der Waals surface area contributed by atoms with Gasteiger partial charge in [-0.2, -0.15) is 4.72 Å². The summed E-state index contributed by atoms with van der Waals surface area (Å²) < 4.78 is 38.8. The molecule has 0 amide bonds. The highest BCUT2D eigenvalue weighted by atomic mass is 35.5. The largest absolute Gasteiger partial charge is 0.394 e. The summed E-state index contributed by atoms with van der Waals surface area (Å²) in [6, 6.07) is 2.73. The Morgan fingerprint density at radius 2 is 1.74 bits per heavy atom. The Morgan fingerprint density at radius 1 is 1.21 bits per heavy atom. The molecular weight excluding hydrogens is 301 g/mol. The fraction of sp³-hybridized carbons (Fsp3) is 0.400. The predicted octanol–water partition coefficient (Wildman–Crippen LogP) is -0.527. The highest BCUT2D eigenvalue weighted by Gasteiger charge is 2.34. The topological polar surface area (TPSA) is 107 Å². The van der Waals surface area contributed by atoms with Gasteiger partial charge in [-0.25, -0.2) is 12.8 Å². The number of nitrogens with one attached hydrogen (secondary N) is 1. The molecule has 0 aromatic heterocycles. The van der Waals surface area contributed by atoms with Gasteiger partial charge >= 0.3 is 0 Å². The van der Waals surface area contributed by atoms with Gasteiger partial charge in [-0.05, 0) is 18.2 Å². The number of rotatable bonds is 6. The first kappa shape index (κ1) is 16.3. The molecule has 9 heteroatoms. The van der Waals surface area contributed by atoms with E-state index in [9.17, 15) is 12.8 Å². The zero-order chi connectivity index (χ0) is 14.7. The van der Waals surface area contributed by atoms with Crippen molar-refractivity contribution in [2.75, 3.05) is 19.8 Å². The standard InChI is InChI=1S/C10H13ClFNO5S/c11-8-3-7(1-2-9(8)12)19(17,18)13-10(4-14,5-15)6-16/h1-3,13-16H,4-6H2. The maximum atomic E-state index is 13.0. The van der Waals surface area contributed by atoms with Crippen molar-refractivity contribution < 1.29 is 28.1 Å². The summed E-state index contributed by atoms with van der Waals surface area (Å²) in [7, 11) is -4.17. The van der Waals surface area contributed by atoms with Crippen molar-refractivity contribution in [1.29, 1.82) is 0 Å². The monoisotopic (exact) mass is 313 g/mol. The second-order valence-electron chi connectivity index (χ2n) is 3.94. The summed E-state index contributed by atoms with van der Waals surface area (Å²) in [5.41, 5.74) is -1.81. The van der Waals surface area contributed by atoms with E-state index in [0.717, 1.165) is 18.2 Å². The van der Waals surface area contributed by atoms with Crippen LogP contribution in [0.15, 0.2) is 23.1 Å². The third-order valence-corrected chi connectivity index (χ3v) is 4.33. The smallest absolute Gasteiger partial charge is 0.241 e. The molecule has 19 heavy (non-hydrogen) atoms. The van der Waals surface area contributed by atoms with E-state index in [1.165, 1.54) is 0 Å². The summed E-state index contributed by atoms with van der Waals surface area (Å²) in [5.74, 6) is -0.779. The number of aliphatic hydroxyl groups excluding tert-OH is 3. The van der Waals surface area contributed by atoms with Crippen LogP contribution in [-0.4, -0.2) is 49.1 Å². The summed E-state index contributed by atoms with van der Waals surface area (Å²) in [4.78, 5) is -0.348. The zero-order valence-corrected chi connectivity index (χ0v) is 11.2. The Bertz CT molecular complexity index is 539. The average molecular weight is 314 g/mol. The molecule has 1 aromatic rings. The Kier molecular flexibility index (Phi) is 5.25. The molecule has 0 bridgehead atoms. The molecule has 0 radical (unpaired) electrons. The van der Waals surface area contributed by atoms with Gasteiger partial charge in [-0.3, -0.25) is 0 Å². The van der Waals surface area contributed by atoms with Gasteiger partial charge in [0.1, 0.15) is 11.4 Å². The Hall–Kier alpha value is -0.770. The molecule has 1 aromatic carbocycles. The van der Waals surface area contributed by atoms with E-state index in [4.69, 9.17) is 26.9 Å². The minimum Gasteiger partial charge on any atom is -0.394 e. The maximum absolute atomic E-state index is 13.0. The van der Waals surface area contributed by atoms with E-state index in [1.807, 2.05) is 4.72 Å². The van der Waals surface area contributed by atoms with Crippen LogP contribution < -0.4 is 4.72 Å². The SMILES string of the molecule is O=S(=O)(NC(CO)(CO)CO)c1ccc(F)c(Cl)c1. The molecule has 0 aliphatic rings. The first-order chi connectivity index (χ1) is 8.80. The average Bonchev–Trinajstić information content (AvgIpc) is 2.39. The van der Waals surface area contributed by atoms with Crippen LogP contribution in [0, 0.1) is 5.82 Å². The molecular formula is C10H13ClFNO5S. The molecule has 0 aliphatic carbocycles.